The summed E-state index contributed by atoms with van der Waals surface area (Å²) in [5, 5.41) is 6.17. The van der Waals surface area contributed by atoms with E-state index in [-0.39, 0.29) is 12.5 Å². The van der Waals surface area contributed by atoms with Crippen LogP contribution in [0.3, 0.4) is 0 Å². The molecule has 130 valence electrons. The summed E-state index contributed by atoms with van der Waals surface area (Å²) in [6, 6.07) is 17.4. The van der Waals surface area contributed by atoms with Crippen molar-refractivity contribution in [2.45, 2.75) is 32.2 Å². The van der Waals surface area contributed by atoms with Gasteiger partial charge in [-0.3, -0.25) is 4.79 Å². The molecule has 0 saturated heterocycles. The van der Waals surface area contributed by atoms with Gasteiger partial charge in [0.15, 0.2) is 6.61 Å². The van der Waals surface area contributed by atoms with Crippen molar-refractivity contribution in [3.05, 3.63) is 54.6 Å². The minimum atomic E-state index is -0.593. The number of amides is 1. The molecule has 25 heavy (non-hydrogen) atoms. The molecule has 0 fully saturated rings. The first-order valence-corrected chi connectivity index (χ1v) is 8.44. The predicted octanol–water partition coefficient (Wildman–Crippen LogP) is 4.12. The average Bonchev–Trinajstić information content (AvgIpc) is 2.66. The van der Waals surface area contributed by atoms with E-state index in [1.54, 1.807) is 0 Å². The molecule has 0 radical (unpaired) electrons. The minimum Gasteiger partial charge on any atom is -0.484 e. The lowest BCUT2D eigenvalue weighted by Gasteiger charge is -2.26. The topological polar surface area (TPSA) is 50.4 Å². The van der Waals surface area contributed by atoms with Gasteiger partial charge >= 0.3 is 0 Å². The second-order valence-electron chi connectivity index (χ2n) is 5.79. The highest BCUT2D eigenvalue weighted by atomic mass is 16.5. The van der Waals surface area contributed by atoms with E-state index in [2.05, 4.69) is 16.6 Å². The number of anilines is 2. The molecule has 0 aliphatic carbocycles. The quantitative estimate of drug-likeness (QED) is 0.713. The zero-order valence-corrected chi connectivity index (χ0v) is 14.7. The van der Waals surface area contributed by atoms with Crippen LogP contribution in [0.2, 0.25) is 0 Å². The van der Waals surface area contributed by atoms with Gasteiger partial charge in [-0.15, -0.1) is 6.42 Å². The van der Waals surface area contributed by atoms with Crippen LogP contribution < -0.4 is 15.4 Å². The summed E-state index contributed by atoms with van der Waals surface area (Å²) in [4.78, 5) is 12.1. The highest BCUT2D eigenvalue weighted by Crippen LogP contribution is 2.20. The Balaban J connectivity index is 1.87. The normalized spacial score (nSPS) is 10.6. The molecule has 4 nitrogen and oxygen atoms in total. The molecule has 0 aliphatic heterocycles. The van der Waals surface area contributed by atoms with Gasteiger partial charge in [-0.2, -0.15) is 0 Å². The smallest absolute Gasteiger partial charge is 0.259 e. The molecule has 2 aromatic carbocycles. The molecule has 4 heteroatoms. The van der Waals surface area contributed by atoms with Gasteiger partial charge < -0.3 is 15.4 Å². The Morgan fingerprint density at radius 2 is 1.64 bits per heavy atom. The van der Waals surface area contributed by atoms with Crippen molar-refractivity contribution < 1.29 is 9.53 Å². The van der Waals surface area contributed by atoms with Crippen molar-refractivity contribution in [3.8, 4) is 18.1 Å². The van der Waals surface area contributed by atoms with Gasteiger partial charge in [-0.05, 0) is 49.2 Å². The molecule has 1 amide bonds. The Morgan fingerprint density at radius 1 is 1.04 bits per heavy atom. The van der Waals surface area contributed by atoms with Gasteiger partial charge in [-0.25, -0.2) is 0 Å². The first-order valence-electron chi connectivity index (χ1n) is 8.44. The zero-order valence-electron chi connectivity index (χ0n) is 14.7. The molecule has 0 aromatic heterocycles. The number of rotatable bonds is 8. The number of nitrogens with one attached hydrogen (secondary N) is 2. The Hall–Kier alpha value is -2.93. The number of hydrogen-bond donors (Lipinski definition) is 2. The van der Waals surface area contributed by atoms with Gasteiger partial charge in [0.05, 0.1) is 0 Å². The lowest BCUT2D eigenvalue weighted by molar-refractivity contribution is -0.124. The second kappa shape index (κ2) is 8.79. The number of carbonyl (C=O) groups is 1. The molecule has 2 rings (SSSR count). The fraction of sp³-hybridized carbons (Fsp3) is 0.286. The van der Waals surface area contributed by atoms with E-state index in [4.69, 9.17) is 11.2 Å². The predicted molar refractivity (Wildman–Crippen MR) is 102 cm³/mol. The Morgan fingerprint density at radius 3 is 2.20 bits per heavy atom. The second-order valence-corrected chi connectivity index (χ2v) is 5.79. The van der Waals surface area contributed by atoms with Crippen molar-refractivity contribution in [3.63, 3.8) is 0 Å². The Kier molecular flexibility index (Phi) is 6.47. The van der Waals surface area contributed by atoms with Crippen molar-refractivity contribution in [1.82, 2.24) is 5.32 Å². The summed E-state index contributed by atoms with van der Waals surface area (Å²) in [5.41, 5.74) is 1.37. The maximum atomic E-state index is 12.1. The van der Waals surface area contributed by atoms with Gasteiger partial charge in [0.1, 0.15) is 11.3 Å². The molecular formula is C21H24N2O2. The average molecular weight is 336 g/mol. The third-order valence-electron chi connectivity index (χ3n) is 4.15. The molecule has 0 heterocycles. The van der Waals surface area contributed by atoms with Crippen LogP contribution in [-0.4, -0.2) is 18.1 Å². The zero-order chi connectivity index (χ0) is 18.1. The summed E-state index contributed by atoms with van der Waals surface area (Å²) in [7, 11) is 0. The monoisotopic (exact) mass is 336 g/mol. The van der Waals surface area contributed by atoms with Crippen LogP contribution in [0, 0.1) is 12.3 Å². The van der Waals surface area contributed by atoms with E-state index in [9.17, 15) is 4.79 Å². The molecule has 0 aliphatic rings. The molecule has 0 bridgehead atoms. The number of carbonyl (C=O) groups excluding carboxylic acids is 1. The van der Waals surface area contributed by atoms with Crippen LogP contribution in [0.25, 0.3) is 0 Å². The third-order valence-corrected chi connectivity index (χ3v) is 4.15. The van der Waals surface area contributed by atoms with Crippen LogP contribution >= 0.6 is 0 Å². The van der Waals surface area contributed by atoms with Crippen LogP contribution in [0.1, 0.15) is 26.7 Å². The van der Waals surface area contributed by atoms with E-state index in [1.165, 1.54) is 0 Å². The molecule has 0 spiro atoms. The van der Waals surface area contributed by atoms with Crippen LogP contribution in [0.4, 0.5) is 11.4 Å². The van der Waals surface area contributed by atoms with Crippen molar-refractivity contribution >= 4 is 17.3 Å². The first kappa shape index (κ1) is 18.4. The fourth-order valence-electron chi connectivity index (χ4n) is 2.44. The minimum absolute atomic E-state index is 0.0606. The summed E-state index contributed by atoms with van der Waals surface area (Å²) in [5.74, 6) is 3.10. The lowest BCUT2D eigenvalue weighted by Crippen LogP contribution is -2.48. The summed E-state index contributed by atoms with van der Waals surface area (Å²) in [6.07, 6.45) is 6.92. The lowest BCUT2D eigenvalue weighted by atomic mass is 9.94. The standard InChI is InChI=1S/C21H24N2O2/c1-4-21(5-2,6-3)23-20(24)16-25-19-14-12-18(13-15-19)22-17-10-8-7-9-11-17/h1,7-15,22H,5-6,16H2,2-3H3,(H,23,24). The number of terminal acetylenes is 1. The van der Waals surface area contributed by atoms with E-state index in [1.807, 2.05) is 68.4 Å². The highest BCUT2D eigenvalue weighted by molar-refractivity contribution is 5.79. The molecule has 0 saturated carbocycles. The van der Waals surface area contributed by atoms with E-state index < -0.39 is 5.54 Å². The van der Waals surface area contributed by atoms with Crippen molar-refractivity contribution in [1.29, 1.82) is 0 Å². The van der Waals surface area contributed by atoms with Crippen molar-refractivity contribution in [2.75, 3.05) is 11.9 Å². The number of ether oxygens (including phenoxy) is 1. The molecule has 0 unspecified atom stereocenters. The van der Waals surface area contributed by atoms with Gasteiger partial charge in [0, 0.05) is 11.4 Å². The van der Waals surface area contributed by atoms with Gasteiger partial charge in [0.2, 0.25) is 0 Å². The maximum Gasteiger partial charge on any atom is 0.259 e. The number of benzene rings is 2. The van der Waals surface area contributed by atoms with Gasteiger partial charge in [0.25, 0.3) is 5.91 Å². The SMILES string of the molecule is C#CC(CC)(CC)NC(=O)COc1ccc(Nc2ccccc2)cc1. The highest BCUT2D eigenvalue weighted by Gasteiger charge is 2.25. The molecular weight excluding hydrogens is 312 g/mol. The number of para-hydroxylation sites is 1. The van der Waals surface area contributed by atoms with Crippen LogP contribution in [0.5, 0.6) is 5.75 Å². The number of hydrogen-bond acceptors (Lipinski definition) is 3. The fourth-order valence-corrected chi connectivity index (χ4v) is 2.44. The molecule has 2 N–H and O–H groups in total. The van der Waals surface area contributed by atoms with Crippen LogP contribution in [-0.2, 0) is 4.79 Å². The van der Waals surface area contributed by atoms with E-state index in [0.717, 1.165) is 11.4 Å². The summed E-state index contributed by atoms with van der Waals surface area (Å²) < 4.78 is 5.54. The Bertz CT molecular complexity index is 714. The molecule has 2 aromatic rings. The van der Waals surface area contributed by atoms with Crippen LogP contribution in [0.15, 0.2) is 54.6 Å². The van der Waals surface area contributed by atoms with Gasteiger partial charge in [-0.1, -0.05) is 38.0 Å². The van der Waals surface area contributed by atoms with E-state index >= 15 is 0 Å². The van der Waals surface area contributed by atoms with E-state index in [0.29, 0.717) is 18.6 Å². The maximum absolute atomic E-state index is 12.1. The summed E-state index contributed by atoms with van der Waals surface area (Å²) >= 11 is 0. The Labute approximate surface area is 149 Å². The molecule has 0 atom stereocenters. The summed E-state index contributed by atoms with van der Waals surface area (Å²) in [6.45, 7) is 3.86. The van der Waals surface area contributed by atoms with Crippen molar-refractivity contribution in [2.24, 2.45) is 0 Å². The largest absolute Gasteiger partial charge is 0.484 e. The third kappa shape index (κ3) is 5.29. The first-order chi connectivity index (χ1) is 12.1.